The maximum atomic E-state index is 12.7. The van der Waals surface area contributed by atoms with E-state index < -0.39 is 11.7 Å². The van der Waals surface area contributed by atoms with Crippen LogP contribution in [0.3, 0.4) is 0 Å². The van der Waals surface area contributed by atoms with Gasteiger partial charge in [-0.2, -0.15) is 23.7 Å². The number of thioether (sulfide) groups is 1. The topological polar surface area (TPSA) is 80.2 Å². The summed E-state index contributed by atoms with van der Waals surface area (Å²) in [4.78, 5) is 27.5. The fraction of sp³-hybridized carbons (Fsp3) is 0.412. The number of methoxy groups -OCH3 is 1. The molecule has 1 aromatic heterocycles. The molecule has 1 amide bonds. The second-order valence-corrected chi connectivity index (χ2v) is 6.82. The average Bonchev–Trinajstić information content (AvgIpc) is 3.20. The minimum Gasteiger partial charge on any atom is -0.467 e. The summed E-state index contributed by atoms with van der Waals surface area (Å²) in [5.74, 6) is -2.22. The van der Waals surface area contributed by atoms with E-state index in [0.29, 0.717) is 23.5 Å². The maximum Gasteiger partial charge on any atom is 0.321 e. The lowest BCUT2D eigenvalue weighted by Crippen LogP contribution is -2.26. The zero-order valence-corrected chi connectivity index (χ0v) is 15.5. The summed E-state index contributed by atoms with van der Waals surface area (Å²) in [6.07, 6.45) is 2.14. The van der Waals surface area contributed by atoms with Crippen molar-refractivity contribution in [2.45, 2.75) is 30.0 Å². The van der Waals surface area contributed by atoms with E-state index in [1.54, 1.807) is 12.1 Å². The second kappa shape index (κ2) is 8.94. The van der Waals surface area contributed by atoms with Crippen molar-refractivity contribution in [2.75, 3.05) is 25.1 Å². The van der Waals surface area contributed by atoms with Gasteiger partial charge < -0.3 is 15.0 Å². The number of halogens is 2. The Hall–Kier alpha value is -2.49. The van der Waals surface area contributed by atoms with E-state index in [1.165, 1.54) is 19.2 Å². The molecule has 0 atom stereocenters. The van der Waals surface area contributed by atoms with Crippen molar-refractivity contribution < 1.29 is 18.3 Å². The number of aromatic nitrogens is 3. The SMILES string of the molecule is COc1nc(CNC(=O)c2ccccc2SC(F)F)nc(N2CCCC2)n1. The van der Waals surface area contributed by atoms with Crippen LogP contribution in [0.5, 0.6) is 6.01 Å². The zero-order chi connectivity index (χ0) is 19.2. The van der Waals surface area contributed by atoms with Crippen molar-refractivity contribution >= 4 is 23.6 Å². The summed E-state index contributed by atoms with van der Waals surface area (Å²) < 4.78 is 30.5. The number of carbonyl (C=O) groups excluding carboxylic acids is 1. The van der Waals surface area contributed by atoms with Crippen molar-refractivity contribution in [1.82, 2.24) is 20.3 Å². The monoisotopic (exact) mass is 395 g/mol. The molecule has 2 heterocycles. The van der Waals surface area contributed by atoms with Gasteiger partial charge in [-0.1, -0.05) is 23.9 Å². The van der Waals surface area contributed by atoms with Crippen LogP contribution in [0.15, 0.2) is 29.2 Å². The number of benzene rings is 1. The number of carbonyl (C=O) groups is 1. The molecule has 10 heteroatoms. The first kappa shape index (κ1) is 19.3. The third-order valence-electron chi connectivity index (χ3n) is 3.98. The zero-order valence-electron chi connectivity index (χ0n) is 14.7. The maximum absolute atomic E-state index is 12.7. The molecule has 0 bridgehead atoms. The Kier molecular flexibility index (Phi) is 6.38. The van der Waals surface area contributed by atoms with Crippen molar-refractivity contribution in [3.05, 3.63) is 35.7 Å². The van der Waals surface area contributed by atoms with Crippen LogP contribution in [-0.4, -0.2) is 46.8 Å². The van der Waals surface area contributed by atoms with Crippen molar-refractivity contribution in [1.29, 1.82) is 0 Å². The van der Waals surface area contributed by atoms with Gasteiger partial charge in [-0.05, 0) is 25.0 Å². The third-order valence-corrected chi connectivity index (χ3v) is 4.76. The first-order chi connectivity index (χ1) is 13.1. The van der Waals surface area contributed by atoms with Gasteiger partial charge in [0.05, 0.1) is 19.2 Å². The number of ether oxygens (including phenoxy) is 1. The fourth-order valence-corrected chi connectivity index (χ4v) is 3.36. The first-order valence-electron chi connectivity index (χ1n) is 8.42. The summed E-state index contributed by atoms with van der Waals surface area (Å²) in [7, 11) is 1.46. The summed E-state index contributed by atoms with van der Waals surface area (Å²) in [6, 6.07) is 6.40. The molecular formula is C17H19F2N5O2S. The van der Waals surface area contributed by atoms with Crippen LogP contribution in [0, 0.1) is 0 Å². The van der Waals surface area contributed by atoms with E-state index in [-0.39, 0.29) is 23.0 Å². The molecular weight excluding hydrogens is 376 g/mol. The number of nitrogens with zero attached hydrogens (tertiary/aromatic N) is 4. The van der Waals surface area contributed by atoms with E-state index in [1.807, 2.05) is 4.90 Å². The van der Waals surface area contributed by atoms with Crippen LogP contribution in [0.25, 0.3) is 0 Å². The van der Waals surface area contributed by atoms with Gasteiger partial charge in [0.2, 0.25) is 5.95 Å². The van der Waals surface area contributed by atoms with Crippen LogP contribution in [0.2, 0.25) is 0 Å². The molecule has 0 radical (unpaired) electrons. The van der Waals surface area contributed by atoms with E-state index in [2.05, 4.69) is 20.3 Å². The predicted octanol–water partition coefficient (Wildman–Crippen LogP) is 2.73. The molecule has 1 aromatic carbocycles. The van der Waals surface area contributed by atoms with E-state index in [4.69, 9.17) is 4.74 Å². The van der Waals surface area contributed by atoms with Gasteiger partial charge in [0.25, 0.3) is 11.7 Å². The number of alkyl halides is 2. The molecule has 0 spiro atoms. The lowest BCUT2D eigenvalue weighted by molar-refractivity contribution is 0.0946. The van der Waals surface area contributed by atoms with E-state index in [9.17, 15) is 13.6 Å². The van der Waals surface area contributed by atoms with E-state index in [0.717, 1.165) is 25.9 Å². The largest absolute Gasteiger partial charge is 0.467 e. The summed E-state index contributed by atoms with van der Waals surface area (Å²) in [6.45, 7) is 1.75. The molecule has 0 aliphatic carbocycles. The molecule has 1 aliphatic rings. The molecule has 0 unspecified atom stereocenters. The standard InChI is InChI=1S/C17H19F2N5O2S/c1-26-17-22-13(21-16(23-17)24-8-4-5-9-24)10-20-14(25)11-6-2-3-7-12(11)27-15(18)19/h2-3,6-7,15H,4-5,8-10H2,1H3,(H,20,25). The highest BCUT2D eigenvalue weighted by molar-refractivity contribution is 7.99. The van der Waals surface area contributed by atoms with Crippen LogP contribution in [-0.2, 0) is 6.54 Å². The van der Waals surface area contributed by atoms with Gasteiger partial charge in [-0.3, -0.25) is 4.79 Å². The summed E-state index contributed by atoms with van der Waals surface area (Å²) >= 11 is 0.338. The smallest absolute Gasteiger partial charge is 0.321 e. The quantitative estimate of drug-likeness (QED) is 0.722. The van der Waals surface area contributed by atoms with E-state index >= 15 is 0 Å². The number of anilines is 1. The van der Waals surface area contributed by atoms with Crippen LogP contribution in [0.1, 0.15) is 29.0 Å². The number of hydrogen-bond donors (Lipinski definition) is 1. The van der Waals surface area contributed by atoms with Crippen LogP contribution < -0.4 is 15.0 Å². The Morgan fingerprint density at radius 2 is 2.00 bits per heavy atom. The minimum atomic E-state index is -2.60. The molecule has 1 N–H and O–H groups in total. The van der Waals surface area contributed by atoms with Crippen LogP contribution >= 0.6 is 11.8 Å². The third kappa shape index (κ3) is 5.03. The Labute approximate surface area is 159 Å². The molecule has 7 nitrogen and oxygen atoms in total. The predicted molar refractivity (Wildman–Crippen MR) is 97.3 cm³/mol. The molecule has 144 valence electrons. The normalized spacial score (nSPS) is 13.9. The molecule has 1 aliphatic heterocycles. The minimum absolute atomic E-state index is 0.0340. The lowest BCUT2D eigenvalue weighted by atomic mass is 10.2. The van der Waals surface area contributed by atoms with Gasteiger partial charge in [0.15, 0.2) is 5.82 Å². The first-order valence-corrected chi connectivity index (χ1v) is 9.30. The molecule has 2 aromatic rings. The lowest BCUT2D eigenvalue weighted by Gasteiger charge is -2.16. The van der Waals surface area contributed by atoms with Gasteiger partial charge in [-0.15, -0.1) is 0 Å². The van der Waals surface area contributed by atoms with Gasteiger partial charge >= 0.3 is 6.01 Å². The molecule has 1 fully saturated rings. The fourth-order valence-electron chi connectivity index (χ4n) is 2.72. The van der Waals surface area contributed by atoms with Crippen LogP contribution in [0.4, 0.5) is 14.7 Å². The molecule has 1 saturated heterocycles. The van der Waals surface area contributed by atoms with Gasteiger partial charge in [0.1, 0.15) is 0 Å². The molecule has 27 heavy (non-hydrogen) atoms. The van der Waals surface area contributed by atoms with Gasteiger partial charge in [0, 0.05) is 18.0 Å². The highest BCUT2D eigenvalue weighted by atomic mass is 32.2. The molecule has 3 rings (SSSR count). The summed E-state index contributed by atoms with van der Waals surface area (Å²) in [5, 5.41) is 2.67. The number of amides is 1. The van der Waals surface area contributed by atoms with Crippen molar-refractivity contribution in [3.8, 4) is 6.01 Å². The number of nitrogens with one attached hydrogen (secondary N) is 1. The Morgan fingerprint density at radius 1 is 1.26 bits per heavy atom. The highest BCUT2D eigenvalue weighted by Crippen LogP contribution is 2.28. The van der Waals surface area contributed by atoms with Gasteiger partial charge in [-0.25, -0.2) is 0 Å². The Morgan fingerprint density at radius 3 is 2.70 bits per heavy atom. The Bertz CT molecular complexity index is 803. The number of hydrogen-bond acceptors (Lipinski definition) is 7. The second-order valence-electron chi connectivity index (χ2n) is 5.79. The van der Waals surface area contributed by atoms with Crippen molar-refractivity contribution in [2.24, 2.45) is 0 Å². The average molecular weight is 395 g/mol. The Balaban J connectivity index is 1.73. The highest BCUT2D eigenvalue weighted by Gasteiger charge is 2.19. The molecule has 0 saturated carbocycles. The summed E-state index contributed by atoms with van der Waals surface area (Å²) in [5.41, 5.74) is 0.184. The number of rotatable bonds is 7. The van der Waals surface area contributed by atoms with Crippen molar-refractivity contribution in [3.63, 3.8) is 0 Å².